The van der Waals surface area contributed by atoms with Gasteiger partial charge in [-0.1, -0.05) is 18.2 Å². The number of piperazine rings is 1. The first kappa shape index (κ1) is 13.6. The molecule has 0 aliphatic carbocycles. The first-order chi connectivity index (χ1) is 10.2. The van der Waals surface area contributed by atoms with Crippen molar-refractivity contribution in [2.24, 2.45) is 0 Å². The van der Waals surface area contributed by atoms with Crippen LogP contribution in [-0.4, -0.2) is 52.5 Å². The number of carboxylic acid groups (broad SMARTS) is 1. The van der Waals surface area contributed by atoms with Gasteiger partial charge < -0.3 is 20.3 Å². The van der Waals surface area contributed by atoms with Gasteiger partial charge in [0.25, 0.3) is 0 Å². The molecule has 1 fully saturated rings. The smallest absolute Gasteiger partial charge is 0.327 e. The monoisotopic (exact) mass is 287 g/mol. The van der Waals surface area contributed by atoms with E-state index >= 15 is 0 Å². The summed E-state index contributed by atoms with van der Waals surface area (Å²) in [6, 6.07) is 6.99. The van der Waals surface area contributed by atoms with Crippen molar-refractivity contribution in [3.8, 4) is 0 Å². The van der Waals surface area contributed by atoms with Crippen molar-refractivity contribution in [2.75, 3.05) is 19.6 Å². The van der Waals surface area contributed by atoms with Crippen LogP contribution in [0.5, 0.6) is 0 Å². The fraction of sp³-hybridized carbons (Fsp3) is 0.333. The molecule has 0 saturated carbocycles. The van der Waals surface area contributed by atoms with E-state index < -0.39 is 12.0 Å². The van der Waals surface area contributed by atoms with Crippen molar-refractivity contribution >= 4 is 22.8 Å². The van der Waals surface area contributed by atoms with Crippen LogP contribution in [0.25, 0.3) is 10.9 Å². The van der Waals surface area contributed by atoms with Crippen LogP contribution in [0.2, 0.25) is 0 Å². The third-order valence-electron chi connectivity index (χ3n) is 3.87. The molecule has 1 saturated heterocycles. The van der Waals surface area contributed by atoms with Crippen LogP contribution in [0.15, 0.2) is 30.5 Å². The van der Waals surface area contributed by atoms with Crippen molar-refractivity contribution < 1.29 is 14.7 Å². The molecular formula is C15H17N3O3. The minimum absolute atomic E-state index is 0.145. The molecule has 0 radical (unpaired) electrons. The zero-order chi connectivity index (χ0) is 14.8. The molecule has 1 aliphatic heterocycles. The van der Waals surface area contributed by atoms with Gasteiger partial charge in [-0.05, 0) is 11.6 Å². The van der Waals surface area contributed by atoms with Crippen LogP contribution in [0.3, 0.4) is 0 Å². The molecule has 1 aromatic carbocycles. The van der Waals surface area contributed by atoms with Crippen molar-refractivity contribution in [3.05, 3.63) is 36.0 Å². The summed E-state index contributed by atoms with van der Waals surface area (Å²) in [6.45, 7) is 1.36. The van der Waals surface area contributed by atoms with Gasteiger partial charge in [-0.15, -0.1) is 0 Å². The second kappa shape index (κ2) is 5.57. The summed E-state index contributed by atoms with van der Waals surface area (Å²) in [5.41, 5.74) is 1.88. The minimum atomic E-state index is -0.963. The van der Waals surface area contributed by atoms with E-state index in [0.29, 0.717) is 19.6 Å². The Morgan fingerprint density at radius 2 is 2.14 bits per heavy atom. The van der Waals surface area contributed by atoms with Gasteiger partial charge >= 0.3 is 5.97 Å². The number of aromatic amines is 1. The lowest BCUT2D eigenvalue weighted by Gasteiger charge is -2.33. The molecule has 1 atom stereocenters. The second-order valence-electron chi connectivity index (χ2n) is 5.18. The third-order valence-corrected chi connectivity index (χ3v) is 3.87. The van der Waals surface area contributed by atoms with Crippen LogP contribution in [0.4, 0.5) is 0 Å². The summed E-state index contributed by atoms with van der Waals surface area (Å²) < 4.78 is 0. The Bertz CT molecular complexity index is 680. The highest BCUT2D eigenvalue weighted by Gasteiger charge is 2.31. The van der Waals surface area contributed by atoms with Crippen molar-refractivity contribution in [3.63, 3.8) is 0 Å². The van der Waals surface area contributed by atoms with Crippen molar-refractivity contribution in [1.82, 2.24) is 15.2 Å². The van der Waals surface area contributed by atoms with Crippen LogP contribution in [-0.2, 0) is 16.0 Å². The van der Waals surface area contributed by atoms with Gasteiger partial charge in [-0.25, -0.2) is 4.79 Å². The van der Waals surface area contributed by atoms with E-state index in [1.165, 1.54) is 4.90 Å². The van der Waals surface area contributed by atoms with E-state index in [4.69, 9.17) is 0 Å². The van der Waals surface area contributed by atoms with Crippen LogP contribution >= 0.6 is 0 Å². The summed E-state index contributed by atoms with van der Waals surface area (Å²) in [7, 11) is 0. The zero-order valence-electron chi connectivity index (χ0n) is 11.5. The number of H-pyrrole nitrogens is 1. The fourth-order valence-electron chi connectivity index (χ4n) is 2.77. The Balaban J connectivity index is 1.80. The van der Waals surface area contributed by atoms with Crippen LogP contribution in [0.1, 0.15) is 5.56 Å². The Kier molecular flexibility index (Phi) is 3.62. The molecule has 3 N–H and O–H groups in total. The van der Waals surface area contributed by atoms with Gasteiger partial charge in [-0.3, -0.25) is 4.79 Å². The Hall–Kier alpha value is -2.34. The zero-order valence-corrected chi connectivity index (χ0v) is 11.5. The first-order valence-electron chi connectivity index (χ1n) is 6.95. The number of nitrogens with zero attached hydrogens (tertiary/aromatic N) is 1. The van der Waals surface area contributed by atoms with E-state index in [1.807, 2.05) is 30.5 Å². The fourth-order valence-corrected chi connectivity index (χ4v) is 2.77. The Labute approximate surface area is 121 Å². The molecule has 3 rings (SSSR count). The van der Waals surface area contributed by atoms with E-state index in [0.717, 1.165) is 16.5 Å². The molecule has 21 heavy (non-hydrogen) atoms. The predicted molar refractivity (Wildman–Crippen MR) is 78.0 cm³/mol. The lowest BCUT2D eigenvalue weighted by atomic mass is 10.1. The minimum Gasteiger partial charge on any atom is -0.480 e. The number of hydrogen-bond donors (Lipinski definition) is 3. The number of benzene rings is 1. The highest BCUT2D eigenvalue weighted by atomic mass is 16.4. The average molecular weight is 287 g/mol. The molecule has 6 heteroatoms. The molecule has 110 valence electrons. The third kappa shape index (κ3) is 2.62. The number of carboxylic acids is 1. The number of carbonyl (C=O) groups is 2. The molecule has 1 aliphatic rings. The van der Waals surface area contributed by atoms with E-state index in [1.54, 1.807) is 0 Å². The quantitative estimate of drug-likeness (QED) is 0.771. The Morgan fingerprint density at radius 1 is 1.33 bits per heavy atom. The lowest BCUT2D eigenvalue weighted by Crippen LogP contribution is -2.57. The number of carbonyl (C=O) groups excluding carboxylic acids is 1. The lowest BCUT2D eigenvalue weighted by molar-refractivity contribution is -0.150. The average Bonchev–Trinajstić information content (AvgIpc) is 2.90. The number of aromatic nitrogens is 1. The second-order valence-corrected chi connectivity index (χ2v) is 5.18. The molecule has 0 bridgehead atoms. The maximum absolute atomic E-state index is 12.4. The van der Waals surface area contributed by atoms with Crippen molar-refractivity contribution in [1.29, 1.82) is 0 Å². The molecule has 1 amide bonds. The number of hydrogen-bond acceptors (Lipinski definition) is 3. The molecule has 1 aromatic heterocycles. The number of nitrogens with one attached hydrogen (secondary N) is 2. The number of aliphatic carboxylic acids is 1. The number of amides is 1. The number of rotatable bonds is 3. The van der Waals surface area contributed by atoms with E-state index in [9.17, 15) is 14.7 Å². The summed E-state index contributed by atoms with van der Waals surface area (Å²) >= 11 is 0. The Morgan fingerprint density at radius 3 is 2.95 bits per heavy atom. The maximum atomic E-state index is 12.4. The summed E-state index contributed by atoms with van der Waals surface area (Å²) in [5.74, 6) is -1.11. The summed E-state index contributed by atoms with van der Waals surface area (Å²) in [4.78, 5) is 28.3. The molecule has 6 nitrogen and oxygen atoms in total. The standard InChI is InChI=1S/C15H17N3O3/c19-14(18-6-5-16-9-13(18)15(20)21)7-10-8-17-12-4-2-1-3-11(10)12/h1-4,8,13,16-17H,5-7,9H2,(H,20,21). The molecular weight excluding hydrogens is 270 g/mol. The van der Waals surface area contributed by atoms with Gasteiger partial charge in [0.15, 0.2) is 0 Å². The largest absolute Gasteiger partial charge is 0.480 e. The van der Waals surface area contributed by atoms with E-state index in [-0.39, 0.29) is 12.3 Å². The van der Waals surface area contributed by atoms with Gasteiger partial charge in [0.2, 0.25) is 5.91 Å². The summed E-state index contributed by atoms with van der Waals surface area (Å²) in [6.07, 6.45) is 2.04. The highest BCUT2D eigenvalue weighted by molar-refractivity contribution is 5.90. The normalized spacial score (nSPS) is 18.9. The maximum Gasteiger partial charge on any atom is 0.327 e. The van der Waals surface area contributed by atoms with Crippen LogP contribution < -0.4 is 5.32 Å². The topological polar surface area (TPSA) is 85.4 Å². The van der Waals surface area contributed by atoms with Crippen LogP contribution in [0, 0.1) is 0 Å². The van der Waals surface area contributed by atoms with Crippen molar-refractivity contribution in [2.45, 2.75) is 12.5 Å². The SMILES string of the molecule is O=C(O)C1CNCCN1C(=O)Cc1c[nH]c2ccccc12. The molecule has 1 unspecified atom stereocenters. The number of fused-ring (bicyclic) bond motifs is 1. The summed E-state index contributed by atoms with van der Waals surface area (Å²) in [5, 5.41) is 13.2. The van der Waals surface area contributed by atoms with Gasteiger partial charge in [0, 0.05) is 36.7 Å². The highest BCUT2D eigenvalue weighted by Crippen LogP contribution is 2.19. The predicted octanol–water partition coefficient (Wildman–Crippen LogP) is 0.595. The van der Waals surface area contributed by atoms with Gasteiger partial charge in [-0.2, -0.15) is 0 Å². The first-order valence-corrected chi connectivity index (χ1v) is 6.95. The number of para-hydroxylation sites is 1. The van der Waals surface area contributed by atoms with Gasteiger partial charge in [0.05, 0.1) is 6.42 Å². The molecule has 2 aromatic rings. The molecule has 2 heterocycles. The molecule has 0 spiro atoms. The van der Waals surface area contributed by atoms with Gasteiger partial charge in [0.1, 0.15) is 6.04 Å². The van der Waals surface area contributed by atoms with E-state index in [2.05, 4.69) is 10.3 Å².